The van der Waals surface area contributed by atoms with E-state index in [1.807, 2.05) is 34.8 Å². The zero-order valence-electron chi connectivity index (χ0n) is 9.00. The zero-order chi connectivity index (χ0) is 11.5. The van der Waals surface area contributed by atoms with Crippen molar-refractivity contribution in [1.82, 2.24) is 4.57 Å². The van der Waals surface area contributed by atoms with E-state index in [0.717, 1.165) is 6.54 Å². The van der Waals surface area contributed by atoms with Crippen molar-refractivity contribution in [2.75, 3.05) is 0 Å². The highest BCUT2D eigenvalue weighted by atomic mass is 32.2. The SMILES string of the molecule is CCn1cc[n+](CCC(C)S(=O)(=O)O)c1. The van der Waals surface area contributed by atoms with E-state index >= 15 is 0 Å². The van der Waals surface area contributed by atoms with E-state index in [4.69, 9.17) is 4.55 Å². The first-order valence-electron chi connectivity index (χ1n) is 4.94. The maximum Gasteiger partial charge on any atom is 0.267 e. The van der Waals surface area contributed by atoms with Gasteiger partial charge in [0.05, 0.1) is 18.3 Å². The van der Waals surface area contributed by atoms with E-state index in [0.29, 0.717) is 13.0 Å². The average molecular weight is 233 g/mol. The Labute approximate surface area is 90.1 Å². The molecule has 0 aliphatic heterocycles. The predicted octanol–water partition coefficient (Wildman–Crippen LogP) is 0.462. The molecular formula is C9H17N2O3S+. The maximum absolute atomic E-state index is 10.8. The van der Waals surface area contributed by atoms with E-state index < -0.39 is 15.4 Å². The molecule has 0 radical (unpaired) electrons. The molecule has 0 bridgehead atoms. The Morgan fingerprint density at radius 3 is 2.67 bits per heavy atom. The van der Waals surface area contributed by atoms with Gasteiger partial charge in [-0.15, -0.1) is 0 Å². The zero-order valence-corrected chi connectivity index (χ0v) is 9.81. The fourth-order valence-electron chi connectivity index (χ4n) is 1.24. The molecule has 1 rings (SSSR count). The first-order valence-corrected chi connectivity index (χ1v) is 6.45. The lowest BCUT2D eigenvalue weighted by Crippen LogP contribution is -2.34. The maximum atomic E-state index is 10.8. The van der Waals surface area contributed by atoms with Crippen LogP contribution in [-0.4, -0.2) is 22.8 Å². The van der Waals surface area contributed by atoms with E-state index in [9.17, 15) is 8.42 Å². The van der Waals surface area contributed by atoms with Crippen molar-refractivity contribution in [3.05, 3.63) is 18.7 Å². The molecule has 0 saturated carbocycles. The monoisotopic (exact) mass is 233 g/mol. The summed E-state index contributed by atoms with van der Waals surface area (Å²) in [6.07, 6.45) is 6.15. The standard InChI is InChI=1S/C9H16N2O3S/c1-3-10-6-7-11(8-10)5-4-9(2)15(12,13)14/h6-9H,3-5H2,1-2H3/p+1. The lowest BCUT2D eigenvalue weighted by molar-refractivity contribution is -0.696. The van der Waals surface area contributed by atoms with E-state index in [1.54, 1.807) is 0 Å². The lowest BCUT2D eigenvalue weighted by atomic mass is 10.3. The Balaban J connectivity index is 2.50. The molecule has 6 heteroatoms. The van der Waals surface area contributed by atoms with Crippen molar-refractivity contribution in [3.8, 4) is 0 Å². The Morgan fingerprint density at radius 2 is 2.20 bits per heavy atom. The number of hydrogen-bond acceptors (Lipinski definition) is 2. The number of rotatable bonds is 5. The molecule has 1 N–H and O–H groups in total. The molecule has 1 aromatic rings. The topological polar surface area (TPSA) is 63.2 Å². The molecule has 1 aromatic heterocycles. The molecule has 0 saturated heterocycles. The van der Waals surface area contributed by atoms with Crippen LogP contribution in [0.25, 0.3) is 0 Å². The first kappa shape index (κ1) is 12.2. The van der Waals surface area contributed by atoms with Crippen LogP contribution in [0, 0.1) is 0 Å². The summed E-state index contributed by atoms with van der Waals surface area (Å²) in [4.78, 5) is 0. The molecule has 86 valence electrons. The van der Waals surface area contributed by atoms with Gasteiger partial charge in [-0.25, -0.2) is 9.13 Å². The Morgan fingerprint density at radius 1 is 1.53 bits per heavy atom. The van der Waals surface area contributed by atoms with Crippen LogP contribution in [0.1, 0.15) is 20.3 Å². The van der Waals surface area contributed by atoms with Gasteiger partial charge in [0.1, 0.15) is 12.4 Å². The van der Waals surface area contributed by atoms with Gasteiger partial charge in [0, 0.05) is 6.42 Å². The molecular weight excluding hydrogens is 216 g/mol. The van der Waals surface area contributed by atoms with Crippen molar-refractivity contribution < 1.29 is 17.5 Å². The highest BCUT2D eigenvalue weighted by molar-refractivity contribution is 7.86. The van der Waals surface area contributed by atoms with Crippen LogP contribution in [0.15, 0.2) is 18.7 Å². The van der Waals surface area contributed by atoms with Crippen LogP contribution in [0.2, 0.25) is 0 Å². The highest BCUT2D eigenvalue weighted by Crippen LogP contribution is 2.02. The van der Waals surface area contributed by atoms with Crippen molar-refractivity contribution >= 4 is 10.1 Å². The number of hydrogen-bond donors (Lipinski definition) is 1. The van der Waals surface area contributed by atoms with Crippen LogP contribution < -0.4 is 4.57 Å². The quantitative estimate of drug-likeness (QED) is 0.593. The van der Waals surface area contributed by atoms with Gasteiger partial charge >= 0.3 is 0 Å². The minimum Gasteiger partial charge on any atom is -0.285 e. The van der Waals surface area contributed by atoms with E-state index in [-0.39, 0.29) is 0 Å². The molecule has 1 heterocycles. The van der Waals surface area contributed by atoms with Crippen molar-refractivity contribution in [1.29, 1.82) is 0 Å². The average Bonchev–Trinajstić information content (AvgIpc) is 2.60. The fourth-order valence-corrected chi connectivity index (χ4v) is 1.64. The lowest BCUT2D eigenvalue weighted by Gasteiger charge is -2.05. The third kappa shape index (κ3) is 3.64. The van der Waals surface area contributed by atoms with Crippen LogP contribution in [0.3, 0.4) is 0 Å². The highest BCUT2D eigenvalue weighted by Gasteiger charge is 2.17. The minimum absolute atomic E-state index is 0.414. The number of nitrogens with zero attached hydrogens (tertiary/aromatic N) is 2. The Bertz CT molecular complexity index is 411. The van der Waals surface area contributed by atoms with Crippen LogP contribution in [0.5, 0.6) is 0 Å². The molecule has 0 aromatic carbocycles. The second-order valence-electron chi connectivity index (χ2n) is 3.60. The summed E-state index contributed by atoms with van der Waals surface area (Å²) >= 11 is 0. The van der Waals surface area contributed by atoms with Gasteiger partial charge in [0.25, 0.3) is 10.1 Å². The molecule has 5 nitrogen and oxygen atoms in total. The fraction of sp³-hybridized carbons (Fsp3) is 0.667. The normalized spacial score (nSPS) is 14.1. The van der Waals surface area contributed by atoms with Crippen molar-refractivity contribution in [2.24, 2.45) is 0 Å². The molecule has 0 aliphatic rings. The third-order valence-electron chi connectivity index (χ3n) is 2.41. The van der Waals surface area contributed by atoms with Gasteiger partial charge in [0.2, 0.25) is 6.33 Å². The summed E-state index contributed by atoms with van der Waals surface area (Å²) in [5.74, 6) is 0. The molecule has 0 spiro atoms. The smallest absolute Gasteiger partial charge is 0.267 e. The molecule has 0 amide bonds. The summed E-state index contributed by atoms with van der Waals surface area (Å²) in [5.41, 5.74) is 0. The first-order chi connectivity index (χ1) is 6.93. The summed E-state index contributed by atoms with van der Waals surface area (Å²) in [5, 5.41) is -0.713. The number of imidazole rings is 1. The van der Waals surface area contributed by atoms with Gasteiger partial charge in [0.15, 0.2) is 0 Å². The van der Waals surface area contributed by atoms with E-state index in [2.05, 4.69) is 0 Å². The van der Waals surface area contributed by atoms with Gasteiger partial charge < -0.3 is 0 Å². The Kier molecular flexibility index (Phi) is 3.87. The Hall–Kier alpha value is -0.880. The van der Waals surface area contributed by atoms with Crippen molar-refractivity contribution in [2.45, 2.75) is 38.6 Å². The molecule has 15 heavy (non-hydrogen) atoms. The van der Waals surface area contributed by atoms with Gasteiger partial charge in [-0.2, -0.15) is 8.42 Å². The summed E-state index contributed by atoms with van der Waals surface area (Å²) in [6.45, 7) is 5.02. The summed E-state index contributed by atoms with van der Waals surface area (Å²) in [6, 6.07) is 0. The third-order valence-corrected chi connectivity index (χ3v) is 3.67. The van der Waals surface area contributed by atoms with Gasteiger partial charge in [-0.05, 0) is 13.8 Å². The number of aromatic nitrogens is 2. The summed E-state index contributed by atoms with van der Waals surface area (Å²) in [7, 11) is -3.89. The molecule has 1 atom stereocenters. The second kappa shape index (κ2) is 4.76. The molecule has 1 unspecified atom stereocenters. The van der Waals surface area contributed by atoms with Crippen molar-refractivity contribution in [3.63, 3.8) is 0 Å². The van der Waals surface area contributed by atoms with E-state index in [1.165, 1.54) is 6.92 Å². The van der Waals surface area contributed by atoms with Crippen LogP contribution in [-0.2, 0) is 23.2 Å². The van der Waals surface area contributed by atoms with Crippen LogP contribution >= 0.6 is 0 Å². The van der Waals surface area contributed by atoms with Crippen LogP contribution in [0.4, 0.5) is 0 Å². The predicted molar refractivity (Wildman–Crippen MR) is 55.9 cm³/mol. The molecule has 0 aliphatic carbocycles. The minimum atomic E-state index is -3.89. The van der Waals surface area contributed by atoms with Gasteiger partial charge in [-0.1, -0.05) is 0 Å². The largest absolute Gasteiger partial charge is 0.285 e. The van der Waals surface area contributed by atoms with Gasteiger partial charge in [-0.3, -0.25) is 4.55 Å². The molecule has 0 fully saturated rings. The second-order valence-corrected chi connectivity index (χ2v) is 5.43. The number of aryl methyl sites for hydroxylation is 2. The summed E-state index contributed by atoms with van der Waals surface area (Å²) < 4.78 is 34.2.